The number of allylic oxidation sites excluding steroid dienone is 2. The van der Waals surface area contributed by atoms with Gasteiger partial charge in [-0.05, 0) is 41.7 Å². The lowest BCUT2D eigenvalue weighted by Crippen LogP contribution is -2.52. The molecule has 0 unspecified atom stereocenters. The number of para-hydroxylation sites is 1. The highest BCUT2D eigenvalue weighted by Crippen LogP contribution is 2.60. The number of nitro groups is 1. The van der Waals surface area contributed by atoms with Crippen LogP contribution in [0, 0.1) is 21.4 Å². The van der Waals surface area contributed by atoms with Gasteiger partial charge >= 0.3 is 0 Å². The van der Waals surface area contributed by atoms with E-state index in [-0.39, 0.29) is 17.5 Å². The monoisotopic (exact) mass is 479 g/mol. The number of hydrogen-bond acceptors (Lipinski definition) is 5. The summed E-state index contributed by atoms with van der Waals surface area (Å²) in [6.45, 7) is 3.82. The van der Waals surface area contributed by atoms with E-state index in [1.165, 1.54) is 17.1 Å². The fraction of sp³-hybridized carbons (Fsp3) is 0.207. The first-order chi connectivity index (χ1) is 17.4. The second kappa shape index (κ2) is 9.00. The Morgan fingerprint density at radius 2 is 1.56 bits per heavy atom. The van der Waals surface area contributed by atoms with Crippen LogP contribution in [0.25, 0.3) is 0 Å². The average molecular weight is 480 g/mol. The number of hydrogen-bond donors (Lipinski definition) is 0. The van der Waals surface area contributed by atoms with Crippen molar-refractivity contribution < 1.29 is 14.5 Å². The molecule has 0 saturated carbocycles. The van der Waals surface area contributed by atoms with Crippen molar-refractivity contribution in [3.05, 3.63) is 118 Å². The summed E-state index contributed by atoms with van der Waals surface area (Å²) in [5.41, 5.74) is 2.19. The number of rotatable bonds is 5. The summed E-state index contributed by atoms with van der Waals surface area (Å²) in [6, 6.07) is 25.1. The highest BCUT2D eigenvalue weighted by molar-refractivity contribution is 6.21. The maximum Gasteiger partial charge on any atom is 0.269 e. The van der Waals surface area contributed by atoms with Gasteiger partial charge in [-0.25, -0.2) is 0 Å². The van der Waals surface area contributed by atoms with Crippen molar-refractivity contribution in [2.24, 2.45) is 16.4 Å². The summed E-state index contributed by atoms with van der Waals surface area (Å²) in [7, 11) is 0. The van der Waals surface area contributed by atoms with Gasteiger partial charge in [-0.15, -0.1) is 0 Å². The molecular weight excluding hydrogens is 454 g/mol. The molecule has 0 radical (unpaired) electrons. The van der Waals surface area contributed by atoms with Crippen molar-refractivity contribution in [3.63, 3.8) is 0 Å². The molecule has 1 amide bonds. The molecule has 2 aliphatic rings. The molecule has 0 aromatic heterocycles. The Morgan fingerprint density at radius 3 is 2.14 bits per heavy atom. The molecule has 0 bridgehead atoms. The Balaban J connectivity index is 1.78. The van der Waals surface area contributed by atoms with Crippen LogP contribution >= 0.6 is 0 Å². The average Bonchev–Trinajstić information content (AvgIpc) is 3.15. The normalized spacial score (nSPS) is 25.4. The molecule has 1 heterocycles. The predicted molar refractivity (Wildman–Crippen MR) is 138 cm³/mol. The van der Waals surface area contributed by atoms with Gasteiger partial charge in [0.15, 0.2) is 0 Å². The number of carbonyl (C=O) groups is 2. The van der Waals surface area contributed by atoms with Gasteiger partial charge in [0.25, 0.3) is 11.6 Å². The summed E-state index contributed by atoms with van der Waals surface area (Å²) in [4.78, 5) is 37.9. The van der Waals surface area contributed by atoms with E-state index in [0.29, 0.717) is 17.0 Å². The predicted octanol–water partition coefficient (Wildman–Crippen LogP) is 5.65. The summed E-state index contributed by atoms with van der Waals surface area (Å²) < 4.78 is 0. The second-order valence-corrected chi connectivity index (χ2v) is 9.32. The van der Waals surface area contributed by atoms with E-state index < -0.39 is 22.2 Å². The third-order valence-electron chi connectivity index (χ3n) is 7.39. The summed E-state index contributed by atoms with van der Waals surface area (Å²) >= 11 is 0. The molecular formula is C29H25N3O4. The lowest BCUT2D eigenvalue weighted by atomic mass is 9.52. The van der Waals surface area contributed by atoms with Gasteiger partial charge in [-0.2, -0.15) is 10.1 Å². The Labute approximate surface area is 208 Å². The fourth-order valence-corrected chi connectivity index (χ4v) is 5.97. The first-order valence-corrected chi connectivity index (χ1v) is 11.8. The Hall–Kier alpha value is -4.39. The number of benzene rings is 3. The molecule has 5 rings (SSSR count). The van der Waals surface area contributed by atoms with Gasteiger partial charge < -0.3 is 0 Å². The van der Waals surface area contributed by atoms with Crippen LogP contribution in [0.2, 0.25) is 0 Å². The highest BCUT2D eigenvalue weighted by atomic mass is 16.6. The maximum absolute atomic E-state index is 14.6. The van der Waals surface area contributed by atoms with Gasteiger partial charge in [0, 0.05) is 24.0 Å². The van der Waals surface area contributed by atoms with Gasteiger partial charge in [0.05, 0.1) is 16.3 Å². The van der Waals surface area contributed by atoms with Gasteiger partial charge in [0.1, 0.15) is 11.7 Å². The minimum atomic E-state index is -1.20. The quantitative estimate of drug-likeness (QED) is 0.269. The molecule has 0 saturated heterocycles. The van der Waals surface area contributed by atoms with Gasteiger partial charge in [-0.1, -0.05) is 73.7 Å². The largest absolute Gasteiger partial charge is 0.298 e. The third-order valence-corrected chi connectivity index (χ3v) is 7.39. The van der Waals surface area contributed by atoms with Gasteiger partial charge in [-0.3, -0.25) is 19.7 Å². The zero-order valence-electron chi connectivity index (χ0n) is 19.9. The number of anilines is 1. The number of nitrogens with zero attached hydrogens (tertiary/aromatic N) is 3. The first kappa shape index (κ1) is 23.4. The maximum atomic E-state index is 14.6. The molecule has 3 aromatic rings. The van der Waals surface area contributed by atoms with E-state index in [0.717, 1.165) is 17.4 Å². The van der Waals surface area contributed by atoms with E-state index in [1.54, 1.807) is 12.1 Å². The molecule has 7 heteroatoms. The summed E-state index contributed by atoms with van der Waals surface area (Å²) in [6.07, 6.45) is 2.77. The van der Waals surface area contributed by atoms with Crippen LogP contribution in [0.4, 0.5) is 11.4 Å². The van der Waals surface area contributed by atoms with E-state index in [1.807, 2.05) is 80.6 Å². The summed E-state index contributed by atoms with van der Waals surface area (Å²) in [5.74, 6) is -1.41. The fourth-order valence-electron chi connectivity index (χ4n) is 5.97. The molecule has 7 nitrogen and oxygen atoms in total. The lowest BCUT2D eigenvalue weighted by molar-refractivity contribution is -0.384. The summed E-state index contributed by atoms with van der Waals surface area (Å²) in [5, 5.41) is 17.5. The van der Waals surface area contributed by atoms with Gasteiger partial charge in [0.2, 0.25) is 0 Å². The van der Waals surface area contributed by atoms with E-state index >= 15 is 0 Å². The van der Waals surface area contributed by atoms with Crippen LogP contribution in [-0.4, -0.2) is 22.8 Å². The molecule has 1 aliphatic carbocycles. The highest BCUT2D eigenvalue weighted by Gasteiger charge is 2.63. The van der Waals surface area contributed by atoms with Crippen molar-refractivity contribution in [3.8, 4) is 0 Å². The molecule has 180 valence electrons. The van der Waals surface area contributed by atoms with Crippen LogP contribution in [0.15, 0.2) is 102 Å². The topological polar surface area (TPSA) is 92.9 Å². The molecule has 36 heavy (non-hydrogen) atoms. The number of carbonyl (C=O) groups excluding carboxylic acids is 2. The van der Waals surface area contributed by atoms with E-state index in [9.17, 15) is 19.7 Å². The molecule has 0 fully saturated rings. The van der Waals surface area contributed by atoms with Crippen LogP contribution in [0.1, 0.15) is 36.8 Å². The number of nitro benzene ring substituents is 1. The van der Waals surface area contributed by atoms with Crippen LogP contribution in [0.3, 0.4) is 0 Å². The Kier molecular flexibility index (Phi) is 5.84. The molecule has 4 atom stereocenters. The number of hydrazone groups is 1. The van der Waals surface area contributed by atoms with E-state index in [4.69, 9.17) is 5.10 Å². The van der Waals surface area contributed by atoms with Crippen molar-refractivity contribution in [2.75, 3.05) is 5.01 Å². The molecule has 1 spiro atoms. The first-order valence-electron chi connectivity index (χ1n) is 11.8. The standard InChI is InChI=1S/C29H25N3O4/c1-19-17-23(18-33)27(21-9-5-3-6-10-21)29(26(19)22-13-15-25(16-14-22)32(35)36)20(2)30-31(28(29)34)24-11-7-4-8-12-24/h3-19,26-27H,1-2H3/t19-,26-,27+,29+/m0/s1. The third kappa shape index (κ3) is 3.47. The minimum Gasteiger partial charge on any atom is -0.298 e. The number of non-ortho nitro benzene ring substituents is 1. The Morgan fingerprint density at radius 1 is 0.944 bits per heavy atom. The SMILES string of the molecule is CC1=NN(c2ccccc2)C(=O)[C@@]12[C@H](c1ccc([N+](=O)[O-])cc1)[C@@H](C)C=C(C=O)[C@H]2c1ccccc1. The van der Waals surface area contributed by atoms with Crippen molar-refractivity contribution in [1.82, 2.24) is 0 Å². The molecule has 0 N–H and O–H groups in total. The van der Waals surface area contributed by atoms with Crippen LogP contribution in [-0.2, 0) is 9.59 Å². The zero-order chi connectivity index (χ0) is 25.4. The lowest BCUT2D eigenvalue weighted by Gasteiger charge is -2.48. The van der Waals surface area contributed by atoms with Crippen molar-refractivity contribution in [2.45, 2.75) is 25.7 Å². The Bertz CT molecular complexity index is 1380. The van der Waals surface area contributed by atoms with Crippen molar-refractivity contribution >= 4 is 29.3 Å². The molecule has 1 aliphatic heterocycles. The van der Waals surface area contributed by atoms with Crippen LogP contribution < -0.4 is 5.01 Å². The smallest absolute Gasteiger partial charge is 0.269 e. The molecule has 3 aromatic carbocycles. The van der Waals surface area contributed by atoms with E-state index in [2.05, 4.69) is 0 Å². The van der Waals surface area contributed by atoms with Crippen LogP contribution in [0.5, 0.6) is 0 Å². The van der Waals surface area contributed by atoms with Crippen molar-refractivity contribution in [1.29, 1.82) is 0 Å². The second-order valence-electron chi connectivity index (χ2n) is 9.32. The number of aldehydes is 1. The zero-order valence-corrected chi connectivity index (χ0v) is 19.9. The number of amides is 1. The minimum absolute atomic E-state index is 0.0194.